The number of dihydropyridines is 1. The Morgan fingerprint density at radius 1 is 1.30 bits per heavy atom. The summed E-state index contributed by atoms with van der Waals surface area (Å²) in [6.45, 7) is 1.06. The minimum atomic E-state index is 1.06. The van der Waals surface area contributed by atoms with Gasteiger partial charge in [-0.2, -0.15) is 0 Å². The van der Waals surface area contributed by atoms with Crippen molar-refractivity contribution in [3.05, 3.63) is 35.8 Å². The maximum Gasteiger partial charge on any atom is 0.0576 e. The molecular formula is C8H10N2. The Morgan fingerprint density at radius 3 is 3.20 bits per heavy atom. The van der Waals surface area contributed by atoms with E-state index in [-0.39, 0.29) is 0 Å². The first kappa shape index (κ1) is 5.59. The summed E-state index contributed by atoms with van der Waals surface area (Å²) in [6, 6.07) is 0. The summed E-state index contributed by atoms with van der Waals surface area (Å²) >= 11 is 0. The smallest absolute Gasteiger partial charge is 0.0576 e. The van der Waals surface area contributed by atoms with Crippen molar-refractivity contribution in [2.24, 2.45) is 0 Å². The number of rotatable bonds is 0. The SMILES string of the molecule is C1=CNC2=CCCNC2=C1. The first-order valence-corrected chi connectivity index (χ1v) is 3.54. The Hall–Kier alpha value is -1.18. The molecule has 2 N–H and O–H groups in total. The van der Waals surface area contributed by atoms with Crippen LogP contribution in [0.15, 0.2) is 35.8 Å². The highest BCUT2D eigenvalue weighted by Crippen LogP contribution is 2.12. The van der Waals surface area contributed by atoms with Crippen molar-refractivity contribution >= 4 is 0 Å². The topological polar surface area (TPSA) is 24.1 Å². The van der Waals surface area contributed by atoms with Gasteiger partial charge in [-0.3, -0.25) is 0 Å². The van der Waals surface area contributed by atoms with Crippen LogP contribution in [0.3, 0.4) is 0 Å². The molecule has 0 fully saturated rings. The van der Waals surface area contributed by atoms with Gasteiger partial charge in [0.15, 0.2) is 0 Å². The summed E-state index contributed by atoms with van der Waals surface area (Å²) in [5.74, 6) is 0. The van der Waals surface area contributed by atoms with Crippen molar-refractivity contribution in [1.29, 1.82) is 0 Å². The molecule has 0 amide bonds. The molecule has 0 bridgehead atoms. The summed E-state index contributed by atoms with van der Waals surface area (Å²) in [4.78, 5) is 0. The molecule has 2 heterocycles. The lowest BCUT2D eigenvalue weighted by Crippen LogP contribution is -2.26. The average Bonchev–Trinajstić information content (AvgIpc) is 2.05. The van der Waals surface area contributed by atoms with Crippen LogP contribution in [0.2, 0.25) is 0 Å². The molecular weight excluding hydrogens is 124 g/mol. The highest BCUT2D eigenvalue weighted by molar-refractivity contribution is 5.37. The van der Waals surface area contributed by atoms with Gasteiger partial charge in [0.25, 0.3) is 0 Å². The van der Waals surface area contributed by atoms with E-state index in [0.29, 0.717) is 0 Å². The molecule has 10 heavy (non-hydrogen) atoms. The predicted octanol–water partition coefficient (Wildman–Crippen LogP) is 0.864. The lowest BCUT2D eigenvalue weighted by Gasteiger charge is -2.20. The van der Waals surface area contributed by atoms with Crippen molar-refractivity contribution in [1.82, 2.24) is 10.6 Å². The van der Waals surface area contributed by atoms with Crippen LogP contribution in [0.4, 0.5) is 0 Å². The van der Waals surface area contributed by atoms with Gasteiger partial charge >= 0.3 is 0 Å². The Balaban J connectivity index is 2.32. The molecule has 2 rings (SSSR count). The van der Waals surface area contributed by atoms with E-state index in [1.807, 2.05) is 12.3 Å². The van der Waals surface area contributed by atoms with E-state index in [1.54, 1.807) is 0 Å². The van der Waals surface area contributed by atoms with Gasteiger partial charge in [-0.15, -0.1) is 0 Å². The molecule has 0 aliphatic carbocycles. The summed E-state index contributed by atoms with van der Waals surface area (Å²) < 4.78 is 0. The zero-order chi connectivity index (χ0) is 6.81. The fraction of sp³-hybridized carbons (Fsp3) is 0.250. The number of allylic oxidation sites excluding steroid dienone is 2. The molecule has 52 valence electrons. The molecule has 0 atom stereocenters. The van der Waals surface area contributed by atoms with E-state index in [9.17, 15) is 0 Å². The van der Waals surface area contributed by atoms with Crippen LogP contribution >= 0.6 is 0 Å². The van der Waals surface area contributed by atoms with Crippen LogP contribution in [-0.4, -0.2) is 6.54 Å². The Bertz CT molecular complexity index is 223. The van der Waals surface area contributed by atoms with Crippen LogP contribution in [0, 0.1) is 0 Å². The molecule has 0 radical (unpaired) electrons. The van der Waals surface area contributed by atoms with E-state index in [4.69, 9.17) is 0 Å². The minimum absolute atomic E-state index is 1.06. The number of nitrogens with one attached hydrogen (secondary N) is 2. The molecule has 2 heteroatoms. The second-order valence-corrected chi connectivity index (χ2v) is 2.42. The fourth-order valence-corrected chi connectivity index (χ4v) is 1.20. The second-order valence-electron chi connectivity index (χ2n) is 2.42. The predicted molar refractivity (Wildman–Crippen MR) is 41.1 cm³/mol. The number of fused-ring (bicyclic) bond motifs is 1. The molecule has 2 aliphatic rings. The first-order valence-electron chi connectivity index (χ1n) is 3.54. The molecule has 0 spiro atoms. The van der Waals surface area contributed by atoms with Crippen LogP contribution in [0.1, 0.15) is 6.42 Å². The van der Waals surface area contributed by atoms with Gasteiger partial charge in [-0.25, -0.2) is 0 Å². The quantitative estimate of drug-likeness (QED) is 0.513. The first-order chi connectivity index (χ1) is 4.97. The third-order valence-electron chi connectivity index (χ3n) is 1.70. The van der Waals surface area contributed by atoms with Gasteiger partial charge in [-0.05, 0) is 18.6 Å². The minimum Gasteiger partial charge on any atom is -0.383 e. The Kier molecular flexibility index (Phi) is 1.24. The molecule has 0 saturated carbocycles. The van der Waals surface area contributed by atoms with Crippen molar-refractivity contribution in [2.75, 3.05) is 6.54 Å². The van der Waals surface area contributed by atoms with Gasteiger partial charge in [0.2, 0.25) is 0 Å². The Morgan fingerprint density at radius 2 is 2.30 bits per heavy atom. The highest BCUT2D eigenvalue weighted by atomic mass is 15.0. The van der Waals surface area contributed by atoms with Crippen molar-refractivity contribution in [3.8, 4) is 0 Å². The van der Waals surface area contributed by atoms with E-state index >= 15 is 0 Å². The van der Waals surface area contributed by atoms with E-state index in [2.05, 4.69) is 22.8 Å². The molecule has 0 aromatic heterocycles. The molecule has 0 unspecified atom stereocenters. The van der Waals surface area contributed by atoms with Crippen molar-refractivity contribution in [3.63, 3.8) is 0 Å². The standard InChI is InChI=1S/C8H10N2/c1-3-7-8(9-5-1)4-2-6-10-7/h1,3-5,9-10H,2,6H2. The molecule has 0 saturated heterocycles. The van der Waals surface area contributed by atoms with E-state index in [0.717, 1.165) is 13.0 Å². The van der Waals surface area contributed by atoms with Gasteiger partial charge in [0.05, 0.1) is 11.4 Å². The third-order valence-corrected chi connectivity index (χ3v) is 1.70. The summed E-state index contributed by atoms with van der Waals surface area (Å²) in [7, 11) is 0. The second kappa shape index (κ2) is 2.21. The van der Waals surface area contributed by atoms with Crippen LogP contribution in [0.5, 0.6) is 0 Å². The lowest BCUT2D eigenvalue weighted by molar-refractivity contribution is 0.747. The van der Waals surface area contributed by atoms with Crippen molar-refractivity contribution in [2.45, 2.75) is 6.42 Å². The monoisotopic (exact) mass is 134 g/mol. The van der Waals surface area contributed by atoms with Crippen LogP contribution < -0.4 is 10.6 Å². The van der Waals surface area contributed by atoms with Crippen LogP contribution in [-0.2, 0) is 0 Å². The van der Waals surface area contributed by atoms with E-state index < -0.39 is 0 Å². The maximum absolute atomic E-state index is 3.30. The molecule has 2 nitrogen and oxygen atoms in total. The molecule has 0 aromatic carbocycles. The zero-order valence-electron chi connectivity index (χ0n) is 5.72. The van der Waals surface area contributed by atoms with Gasteiger partial charge in [0, 0.05) is 12.7 Å². The van der Waals surface area contributed by atoms with Crippen LogP contribution in [0.25, 0.3) is 0 Å². The maximum atomic E-state index is 3.30. The Labute approximate surface area is 60.3 Å². The largest absolute Gasteiger partial charge is 0.383 e. The van der Waals surface area contributed by atoms with Gasteiger partial charge < -0.3 is 10.6 Å². The lowest BCUT2D eigenvalue weighted by atomic mass is 10.1. The third kappa shape index (κ3) is 0.817. The fourth-order valence-electron chi connectivity index (χ4n) is 1.20. The number of hydrogen-bond acceptors (Lipinski definition) is 2. The van der Waals surface area contributed by atoms with E-state index in [1.165, 1.54) is 11.4 Å². The summed E-state index contributed by atoms with van der Waals surface area (Å²) in [5, 5.41) is 6.47. The van der Waals surface area contributed by atoms with Gasteiger partial charge in [-0.1, -0.05) is 6.08 Å². The average molecular weight is 134 g/mol. The molecule has 0 aromatic rings. The van der Waals surface area contributed by atoms with Crippen molar-refractivity contribution < 1.29 is 0 Å². The summed E-state index contributed by atoms with van der Waals surface area (Å²) in [5.41, 5.74) is 2.43. The zero-order valence-corrected chi connectivity index (χ0v) is 5.72. The highest BCUT2D eigenvalue weighted by Gasteiger charge is 2.08. The van der Waals surface area contributed by atoms with Gasteiger partial charge in [0.1, 0.15) is 0 Å². The molecule has 2 aliphatic heterocycles. The normalized spacial score (nSPS) is 21.6. The number of hydrogen-bond donors (Lipinski definition) is 2. The summed E-state index contributed by atoms with van der Waals surface area (Å²) in [6.07, 6.45) is 9.37.